The summed E-state index contributed by atoms with van der Waals surface area (Å²) in [7, 11) is 0. The summed E-state index contributed by atoms with van der Waals surface area (Å²) < 4.78 is -1.79. The van der Waals surface area contributed by atoms with Crippen molar-refractivity contribution in [2.75, 3.05) is 5.32 Å². The Kier molecular flexibility index (Phi) is 5.50. The first-order valence-corrected chi connectivity index (χ1v) is 10.0. The van der Waals surface area contributed by atoms with Crippen molar-refractivity contribution in [3.8, 4) is 0 Å². The van der Waals surface area contributed by atoms with Gasteiger partial charge in [-0.15, -0.1) is 0 Å². The lowest BCUT2D eigenvalue weighted by atomic mass is 10.0. The summed E-state index contributed by atoms with van der Waals surface area (Å²) in [6, 6.07) is 22.6. The van der Waals surface area contributed by atoms with Crippen molar-refractivity contribution in [2.24, 2.45) is 0 Å². The Balaban J connectivity index is 1.66. The van der Waals surface area contributed by atoms with Crippen LogP contribution in [0.15, 0.2) is 79.0 Å². The lowest BCUT2D eigenvalue weighted by molar-refractivity contribution is 0.0943. The summed E-state index contributed by atoms with van der Waals surface area (Å²) in [6.45, 7) is 0. The molecule has 0 radical (unpaired) electrons. The highest BCUT2D eigenvalue weighted by atomic mass is 35.6. The van der Waals surface area contributed by atoms with Gasteiger partial charge in [0.2, 0.25) is 3.79 Å². The average molecular weight is 445 g/mol. The predicted molar refractivity (Wildman–Crippen MR) is 121 cm³/mol. The molecule has 1 aromatic heterocycles. The number of nitrogens with zero attached hydrogens (tertiary/aromatic N) is 1. The van der Waals surface area contributed by atoms with Gasteiger partial charge in [-0.2, -0.15) is 0 Å². The predicted octanol–water partition coefficient (Wildman–Crippen LogP) is 5.93. The SMILES string of the molecule is O=C(N[C@H](Nc1cccc2cccnc12)C(Cl)(Cl)Cl)c1cccc2ccccc12. The van der Waals surface area contributed by atoms with Crippen LogP contribution in [-0.2, 0) is 0 Å². The zero-order valence-corrected chi connectivity index (χ0v) is 17.3. The molecule has 2 N–H and O–H groups in total. The highest BCUT2D eigenvalue weighted by Gasteiger charge is 2.35. The molecule has 0 aliphatic carbocycles. The highest BCUT2D eigenvalue weighted by Crippen LogP contribution is 2.33. The van der Waals surface area contributed by atoms with Crippen molar-refractivity contribution < 1.29 is 4.79 Å². The van der Waals surface area contributed by atoms with Crippen LogP contribution in [0.4, 0.5) is 5.69 Å². The Morgan fingerprint density at radius 3 is 2.38 bits per heavy atom. The van der Waals surface area contributed by atoms with Crippen LogP contribution in [0, 0.1) is 0 Å². The van der Waals surface area contributed by atoms with Gasteiger partial charge >= 0.3 is 0 Å². The first-order valence-electron chi connectivity index (χ1n) is 8.89. The number of alkyl halides is 3. The first kappa shape index (κ1) is 19.8. The van der Waals surface area contributed by atoms with Gasteiger partial charge in [0.25, 0.3) is 5.91 Å². The van der Waals surface area contributed by atoms with E-state index in [-0.39, 0.29) is 5.91 Å². The van der Waals surface area contributed by atoms with E-state index in [0.717, 1.165) is 16.2 Å². The number of carbonyl (C=O) groups excluding carboxylic acids is 1. The topological polar surface area (TPSA) is 54.0 Å². The summed E-state index contributed by atoms with van der Waals surface area (Å²) in [5, 5.41) is 8.63. The van der Waals surface area contributed by atoms with Gasteiger partial charge in [-0.05, 0) is 29.0 Å². The second-order valence-corrected chi connectivity index (χ2v) is 8.87. The molecule has 0 fully saturated rings. The minimum Gasteiger partial charge on any atom is -0.360 e. The second-order valence-electron chi connectivity index (χ2n) is 6.50. The van der Waals surface area contributed by atoms with Gasteiger partial charge < -0.3 is 10.6 Å². The van der Waals surface area contributed by atoms with Gasteiger partial charge in [0.05, 0.1) is 11.2 Å². The van der Waals surface area contributed by atoms with Gasteiger partial charge in [0.1, 0.15) is 6.17 Å². The number of fused-ring (bicyclic) bond motifs is 2. The van der Waals surface area contributed by atoms with E-state index in [1.807, 2.05) is 66.7 Å². The summed E-state index contributed by atoms with van der Waals surface area (Å²) >= 11 is 18.5. The fraction of sp³-hybridized carbons (Fsp3) is 0.0909. The maximum atomic E-state index is 13.0. The quantitative estimate of drug-likeness (QED) is 0.303. The number of halogens is 3. The number of rotatable bonds is 4. The molecule has 29 heavy (non-hydrogen) atoms. The van der Waals surface area contributed by atoms with Crippen molar-refractivity contribution in [3.63, 3.8) is 0 Å². The molecule has 146 valence electrons. The summed E-state index contributed by atoms with van der Waals surface area (Å²) in [5.41, 5.74) is 1.87. The number of pyridine rings is 1. The monoisotopic (exact) mass is 443 g/mol. The zero-order chi connectivity index (χ0) is 20.4. The zero-order valence-electron chi connectivity index (χ0n) is 15.1. The molecule has 0 saturated heterocycles. The van der Waals surface area contributed by atoms with Gasteiger partial charge in [-0.25, -0.2) is 0 Å². The molecule has 0 aliphatic rings. The third-order valence-electron chi connectivity index (χ3n) is 4.57. The molecule has 4 nitrogen and oxygen atoms in total. The number of anilines is 1. The molecule has 1 heterocycles. The molecule has 4 aromatic rings. The molecule has 3 aromatic carbocycles. The molecule has 0 saturated carbocycles. The van der Waals surface area contributed by atoms with E-state index in [4.69, 9.17) is 34.8 Å². The highest BCUT2D eigenvalue weighted by molar-refractivity contribution is 6.68. The number of benzene rings is 3. The molecule has 0 unspecified atom stereocenters. The number of nitrogens with one attached hydrogen (secondary N) is 2. The van der Waals surface area contributed by atoms with E-state index in [2.05, 4.69) is 15.6 Å². The van der Waals surface area contributed by atoms with Crippen molar-refractivity contribution in [2.45, 2.75) is 9.96 Å². The van der Waals surface area contributed by atoms with E-state index in [1.54, 1.807) is 12.3 Å². The van der Waals surface area contributed by atoms with Crippen LogP contribution in [0.2, 0.25) is 0 Å². The van der Waals surface area contributed by atoms with E-state index < -0.39 is 9.96 Å². The molecule has 1 amide bonds. The number of para-hydroxylation sites is 1. The summed E-state index contributed by atoms with van der Waals surface area (Å²) in [6.07, 6.45) is 0.707. The molecule has 0 spiro atoms. The normalized spacial score (nSPS) is 12.7. The van der Waals surface area contributed by atoms with Crippen LogP contribution < -0.4 is 10.6 Å². The lowest BCUT2D eigenvalue weighted by Crippen LogP contribution is -2.49. The number of carbonyl (C=O) groups is 1. The lowest BCUT2D eigenvalue weighted by Gasteiger charge is -2.28. The number of aromatic nitrogens is 1. The fourth-order valence-electron chi connectivity index (χ4n) is 3.21. The van der Waals surface area contributed by atoms with E-state index in [1.165, 1.54) is 0 Å². The number of hydrogen-bond acceptors (Lipinski definition) is 3. The third kappa shape index (κ3) is 4.25. The molecular weight excluding hydrogens is 429 g/mol. The fourth-order valence-corrected chi connectivity index (χ4v) is 3.54. The minimum absolute atomic E-state index is 0.348. The molecule has 0 bridgehead atoms. The number of amides is 1. The third-order valence-corrected chi connectivity index (χ3v) is 5.22. The van der Waals surface area contributed by atoms with Crippen LogP contribution in [0.3, 0.4) is 0 Å². The average Bonchev–Trinajstić information content (AvgIpc) is 2.72. The Bertz CT molecular complexity index is 1180. The van der Waals surface area contributed by atoms with Crippen LogP contribution in [0.1, 0.15) is 10.4 Å². The standard InChI is InChI=1S/C22H16Cl3N3O/c23-22(24,25)21(27-18-12-4-8-15-9-5-13-26-19(15)18)28-20(29)17-11-3-7-14-6-1-2-10-16(14)17/h1-13,21,27H,(H,28,29)/t21-/m0/s1. The molecule has 4 rings (SSSR count). The van der Waals surface area contributed by atoms with Crippen molar-refractivity contribution in [1.82, 2.24) is 10.3 Å². The van der Waals surface area contributed by atoms with Gasteiger partial charge in [0.15, 0.2) is 0 Å². The van der Waals surface area contributed by atoms with Crippen LogP contribution in [0.25, 0.3) is 21.7 Å². The smallest absolute Gasteiger partial charge is 0.253 e. The van der Waals surface area contributed by atoms with Crippen molar-refractivity contribution >= 4 is 68.1 Å². The van der Waals surface area contributed by atoms with Gasteiger partial charge in [-0.1, -0.05) is 89.4 Å². The van der Waals surface area contributed by atoms with Gasteiger partial charge in [-0.3, -0.25) is 9.78 Å². The first-order chi connectivity index (χ1) is 13.9. The van der Waals surface area contributed by atoms with E-state index >= 15 is 0 Å². The second kappa shape index (κ2) is 8.07. The van der Waals surface area contributed by atoms with Gasteiger partial charge in [0, 0.05) is 17.1 Å². The Hall–Kier alpha value is -2.53. The maximum absolute atomic E-state index is 13.0. The number of hydrogen-bond donors (Lipinski definition) is 2. The van der Waals surface area contributed by atoms with Crippen LogP contribution in [0.5, 0.6) is 0 Å². The molecule has 0 aliphatic heterocycles. The largest absolute Gasteiger partial charge is 0.360 e. The Morgan fingerprint density at radius 1 is 0.862 bits per heavy atom. The van der Waals surface area contributed by atoms with Crippen LogP contribution >= 0.6 is 34.8 Å². The minimum atomic E-state index is -1.79. The van der Waals surface area contributed by atoms with E-state index in [0.29, 0.717) is 16.8 Å². The summed E-state index contributed by atoms with van der Waals surface area (Å²) in [4.78, 5) is 17.4. The summed E-state index contributed by atoms with van der Waals surface area (Å²) in [5.74, 6) is -0.348. The Labute approximate surface area is 182 Å². The molecule has 1 atom stereocenters. The van der Waals surface area contributed by atoms with E-state index in [9.17, 15) is 4.79 Å². The maximum Gasteiger partial charge on any atom is 0.253 e. The molecule has 7 heteroatoms. The van der Waals surface area contributed by atoms with Crippen molar-refractivity contribution in [1.29, 1.82) is 0 Å². The molecular formula is C22H16Cl3N3O. The van der Waals surface area contributed by atoms with Crippen molar-refractivity contribution in [3.05, 3.63) is 84.6 Å². The Morgan fingerprint density at radius 2 is 1.55 bits per heavy atom. The van der Waals surface area contributed by atoms with Crippen LogP contribution in [-0.4, -0.2) is 20.8 Å².